The lowest BCUT2D eigenvalue weighted by molar-refractivity contribution is 0.0124. The summed E-state index contributed by atoms with van der Waals surface area (Å²) in [5.41, 5.74) is 0.719. The summed E-state index contributed by atoms with van der Waals surface area (Å²) in [6, 6.07) is 1.42. The quantitative estimate of drug-likeness (QED) is 0.823. The Morgan fingerprint density at radius 1 is 1.17 bits per heavy atom. The average Bonchev–Trinajstić information content (AvgIpc) is 2.13. The fourth-order valence-electron chi connectivity index (χ4n) is 3.94. The van der Waals surface area contributed by atoms with Gasteiger partial charge in [-0.25, -0.2) is 0 Å². The lowest BCUT2D eigenvalue weighted by atomic mass is 9.79. The number of hydrogen-bond acceptors (Lipinski definition) is 2. The minimum atomic E-state index is 0.314. The molecular weight excluding hydrogens is 220 g/mol. The summed E-state index contributed by atoms with van der Waals surface area (Å²) in [6.45, 7) is 18.8. The molecule has 0 amide bonds. The van der Waals surface area contributed by atoms with Gasteiger partial charge in [0.05, 0.1) is 0 Å². The molecule has 1 aliphatic rings. The highest BCUT2D eigenvalue weighted by Gasteiger charge is 2.37. The van der Waals surface area contributed by atoms with Gasteiger partial charge in [-0.15, -0.1) is 0 Å². The summed E-state index contributed by atoms with van der Waals surface area (Å²) in [5, 5.41) is 3.61. The van der Waals surface area contributed by atoms with E-state index in [4.69, 9.17) is 0 Å². The number of nitrogens with zero attached hydrogens (tertiary/aromatic N) is 1. The number of likely N-dealkylation sites (tertiary alicyclic amines) is 1. The van der Waals surface area contributed by atoms with Crippen LogP contribution in [0.3, 0.4) is 0 Å². The topological polar surface area (TPSA) is 15.3 Å². The number of hydrogen-bond donors (Lipinski definition) is 1. The summed E-state index contributed by atoms with van der Waals surface area (Å²) in [5.74, 6) is 0. The predicted molar refractivity (Wildman–Crippen MR) is 81.0 cm³/mol. The van der Waals surface area contributed by atoms with Crippen LogP contribution < -0.4 is 5.32 Å². The molecule has 1 rings (SSSR count). The lowest BCUT2D eigenvalue weighted by Gasteiger charge is -2.49. The zero-order valence-corrected chi connectivity index (χ0v) is 13.6. The molecule has 2 nitrogen and oxygen atoms in total. The van der Waals surface area contributed by atoms with Gasteiger partial charge >= 0.3 is 0 Å². The van der Waals surface area contributed by atoms with Crippen LogP contribution in [-0.4, -0.2) is 35.6 Å². The second-order valence-corrected chi connectivity index (χ2v) is 7.87. The van der Waals surface area contributed by atoms with Gasteiger partial charge in [-0.05, 0) is 52.0 Å². The summed E-state index contributed by atoms with van der Waals surface area (Å²) >= 11 is 0. The third-order valence-electron chi connectivity index (χ3n) is 4.11. The molecule has 2 heteroatoms. The highest BCUT2D eigenvalue weighted by molar-refractivity contribution is 4.93. The van der Waals surface area contributed by atoms with Crippen molar-refractivity contribution < 1.29 is 0 Å². The molecule has 1 N–H and O–H groups in total. The van der Waals surface area contributed by atoms with Gasteiger partial charge in [0, 0.05) is 24.2 Å². The van der Waals surface area contributed by atoms with E-state index in [2.05, 4.69) is 58.7 Å². The average molecular weight is 254 g/mol. The predicted octanol–water partition coefficient (Wildman–Crippen LogP) is 3.66. The molecule has 2 unspecified atom stereocenters. The third-order valence-corrected chi connectivity index (χ3v) is 4.11. The van der Waals surface area contributed by atoms with Gasteiger partial charge in [0.2, 0.25) is 0 Å². The maximum absolute atomic E-state index is 3.61. The van der Waals surface area contributed by atoms with Crippen LogP contribution >= 0.6 is 0 Å². The Kier molecular flexibility index (Phi) is 5.25. The number of piperidine rings is 1. The smallest absolute Gasteiger partial charge is 0.0161 e. The Hall–Kier alpha value is -0.0800. The monoisotopic (exact) mass is 254 g/mol. The molecule has 1 fully saturated rings. The van der Waals surface area contributed by atoms with E-state index >= 15 is 0 Å². The second kappa shape index (κ2) is 5.92. The second-order valence-electron chi connectivity index (χ2n) is 7.87. The highest BCUT2D eigenvalue weighted by Crippen LogP contribution is 2.35. The third kappa shape index (κ3) is 4.55. The molecule has 0 saturated carbocycles. The fraction of sp³-hybridized carbons (Fsp3) is 1.00. The van der Waals surface area contributed by atoms with Crippen molar-refractivity contribution in [2.75, 3.05) is 13.1 Å². The van der Waals surface area contributed by atoms with Gasteiger partial charge in [-0.3, -0.25) is 4.90 Å². The van der Waals surface area contributed by atoms with Crippen molar-refractivity contribution in [2.24, 2.45) is 5.41 Å². The minimum absolute atomic E-state index is 0.314. The normalized spacial score (nSPS) is 27.5. The Bertz CT molecular complexity index is 252. The number of rotatable bonds is 4. The van der Waals surface area contributed by atoms with E-state index < -0.39 is 0 Å². The molecule has 18 heavy (non-hydrogen) atoms. The Labute approximate surface area is 115 Å². The van der Waals surface area contributed by atoms with Gasteiger partial charge in [0.1, 0.15) is 0 Å². The molecule has 0 aromatic rings. The maximum atomic E-state index is 3.61. The number of nitrogens with one attached hydrogen (secondary N) is 1. The van der Waals surface area contributed by atoms with Gasteiger partial charge < -0.3 is 5.32 Å². The Balaban J connectivity index is 2.62. The molecular formula is C16H34N2. The van der Waals surface area contributed by atoms with Gasteiger partial charge in [0.15, 0.2) is 0 Å². The zero-order valence-electron chi connectivity index (χ0n) is 13.6. The van der Waals surface area contributed by atoms with Crippen LogP contribution in [0.4, 0.5) is 0 Å². The van der Waals surface area contributed by atoms with Gasteiger partial charge in [0.25, 0.3) is 0 Å². The maximum Gasteiger partial charge on any atom is 0.0161 e. The molecule has 0 radical (unpaired) electrons. The molecule has 108 valence electrons. The van der Waals surface area contributed by atoms with Crippen molar-refractivity contribution in [3.63, 3.8) is 0 Å². The molecule has 0 aliphatic carbocycles. The molecule has 1 heterocycles. The van der Waals surface area contributed by atoms with E-state index in [1.54, 1.807) is 0 Å². The molecule has 2 atom stereocenters. The molecule has 1 saturated heterocycles. The van der Waals surface area contributed by atoms with Crippen LogP contribution in [0.2, 0.25) is 0 Å². The standard InChI is InChI=1S/C16H34N2/c1-8-17-14-9-10-18(13(2)11-14)16(6,7)12-15(3,4)5/h13-14,17H,8-12H2,1-7H3. The largest absolute Gasteiger partial charge is 0.314 e. The van der Waals surface area contributed by atoms with Crippen LogP contribution in [0.5, 0.6) is 0 Å². The van der Waals surface area contributed by atoms with E-state index in [-0.39, 0.29) is 0 Å². The van der Waals surface area contributed by atoms with Crippen molar-refractivity contribution >= 4 is 0 Å². The summed E-state index contributed by atoms with van der Waals surface area (Å²) < 4.78 is 0. The first-order valence-electron chi connectivity index (χ1n) is 7.66. The fourth-order valence-corrected chi connectivity index (χ4v) is 3.94. The van der Waals surface area contributed by atoms with Crippen molar-refractivity contribution in [1.29, 1.82) is 0 Å². The first kappa shape index (κ1) is 16.0. The van der Waals surface area contributed by atoms with Gasteiger partial charge in [-0.2, -0.15) is 0 Å². The summed E-state index contributed by atoms with van der Waals surface area (Å²) in [4.78, 5) is 2.73. The van der Waals surface area contributed by atoms with Crippen molar-refractivity contribution in [3.8, 4) is 0 Å². The molecule has 0 aromatic carbocycles. The highest BCUT2D eigenvalue weighted by atomic mass is 15.2. The molecule has 0 aromatic heterocycles. The van der Waals surface area contributed by atoms with Crippen LogP contribution in [0.25, 0.3) is 0 Å². The molecule has 0 bridgehead atoms. The van der Waals surface area contributed by atoms with Gasteiger partial charge in [-0.1, -0.05) is 27.7 Å². The Morgan fingerprint density at radius 3 is 2.22 bits per heavy atom. The lowest BCUT2D eigenvalue weighted by Crippen LogP contribution is -2.56. The van der Waals surface area contributed by atoms with Crippen molar-refractivity contribution in [2.45, 2.75) is 85.4 Å². The first-order valence-corrected chi connectivity index (χ1v) is 7.66. The van der Waals surface area contributed by atoms with E-state index in [0.29, 0.717) is 17.0 Å². The summed E-state index contributed by atoms with van der Waals surface area (Å²) in [7, 11) is 0. The summed E-state index contributed by atoms with van der Waals surface area (Å²) in [6.07, 6.45) is 3.85. The van der Waals surface area contributed by atoms with Crippen LogP contribution in [0.1, 0.15) is 67.7 Å². The van der Waals surface area contributed by atoms with Crippen LogP contribution in [-0.2, 0) is 0 Å². The SMILES string of the molecule is CCNC1CCN(C(C)(C)CC(C)(C)C)C(C)C1. The van der Waals surface area contributed by atoms with Crippen molar-refractivity contribution in [3.05, 3.63) is 0 Å². The minimum Gasteiger partial charge on any atom is -0.314 e. The van der Waals surface area contributed by atoms with E-state index in [1.165, 1.54) is 25.8 Å². The zero-order chi connectivity index (χ0) is 14.0. The molecule has 1 aliphatic heterocycles. The van der Waals surface area contributed by atoms with Crippen LogP contribution in [0.15, 0.2) is 0 Å². The van der Waals surface area contributed by atoms with Crippen LogP contribution in [0, 0.1) is 5.41 Å². The van der Waals surface area contributed by atoms with E-state index in [9.17, 15) is 0 Å². The van der Waals surface area contributed by atoms with E-state index in [1.807, 2.05) is 0 Å². The first-order chi connectivity index (χ1) is 8.15. The van der Waals surface area contributed by atoms with E-state index in [0.717, 1.165) is 12.6 Å². The van der Waals surface area contributed by atoms with Crippen molar-refractivity contribution in [1.82, 2.24) is 10.2 Å². The Morgan fingerprint density at radius 2 is 1.78 bits per heavy atom. The molecule has 0 spiro atoms.